The summed E-state index contributed by atoms with van der Waals surface area (Å²) in [5, 5.41) is 19.9. The molecule has 3 aromatic carbocycles. The van der Waals surface area contributed by atoms with E-state index in [9.17, 15) is 10.5 Å². The van der Waals surface area contributed by atoms with Crippen molar-refractivity contribution in [3.63, 3.8) is 0 Å². The number of rotatable bonds is 2. The Labute approximate surface area is 229 Å². The van der Waals surface area contributed by atoms with E-state index < -0.39 is 0 Å². The number of fused-ring (bicyclic) bond motifs is 6. The van der Waals surface area contributed by atoms with Gasteiger partial charge in [-0.1, -0.05) is 27.7 Å². The van der Waals surface area contributed by atoms with Crippen molar-refractivity contribution in [2.24, 2.45) is 0 Å². The third-order valence-electron chi connectivity index (χ3n) is 9.20. The van der Waals surface area contributed by atoms with Gasteiger partial charge in [0.15, 0.2) is 34.5 Å². The van der Waals surface area contributed by atoms with Gasteiger partial charge in [0.05, 0.1) is 14.2 Å². The number of nitrogens with zero attached hydrogens (tertiary/aromatic N) is 2. The van der Waals surface area contributed by atoms with E-state index in [1.165, 1.54) is 22.3 Å². The molecular weight excluding hydrogens is 488 g/mol. The van der Waals surface area contributed by atoms with E-state index in [4.69, 9.17) is 18.9 Å². The number of hydrogen-bond acceptors (Lipinski definition) is 6. The summed E-state index contributed by atoms with van der Waals surface area (Å²) < 4.78 is 24.3. The lowest BCUT2D eigenvalue weighted by Crippen LogP contribution is -2.27. The van der Waals surface area contributed by atoms with Crippen LogP contribution < -0.4 is 18.9 Å². The van der Waals surface area contributed by atoms with Gasteiger partial charge in [-0.3, -0.25) is 0 Å². The molecule has 2 aliphatic carbocycles. The van der Waals surface area contributed by atoms with Crippen LogP contribution in [0, 0.1) is 36.5 Å². The zero-order valence-corrected chi connectivity index (χ0v) is 23.8. The average molecular weight is 521 g/mol. The molecule has 6 heteroatoms. The van der Waals surface area contributed by atoms with E-state index in [-0.39, 0.29) is 16.2 Å². The summed E-state index contributed by atoms with van der Waals surface area (Å²) in [6, 6.07) is 13.0. The Morgan fingerprint density at radius 1 is 0.667 bits per heavy atom. The van der Waals surface area contributed by atoms with Crippen LogP contribution in [0.3, 0.4) is 0 Å². The van der Waals surface area contributed by atoms with Gasteiger partial charge in [-0.25, -0.2) is 0 Å². The van der Waals surface area contributed by atoms with E-state index in [2.05, 4.69) is 64.1 Å². The summed E-state index contributed by atoms with van der Waals surface area (Å²) in [7, 11) is 3.35. The molecule has 0 fully saturated rings. The van der Waals surface area contributed by atoms with Crippen LogP contribution >= 0.6 is 0 Å². The molecule has 3 aliphatic rings. The molecule has 1 heterocycles. The van der Waals surface area contributed by atoms with Gasteiger partial charge in [-0.15, -0.1) is 0 Å². The summed E-state index contributed by atoms with van der Waals surface area (Å²) >= 11 is 0. The first kappa shape index (κ1) is 25.1. The first-order valence-electron chi connectivity index (χ1n) is 13.2. The smallest absolute Gasteiger partial charge is 0.189 e. The first-order valence-corrected chi connectivity index (χ1v) is 13.2. The second kappa shape index (κ2) is 7.93. The molecule has 0 saturated heterocycles. The number of benzene rings is 3. The van der Waals surface area contributed by atoms with Crippen molar-refractivity contribution in [2.45, 2.75) is 70.6 Å². The lowest BCUT2D eigenvalue weighted by atomic mass is 9.72. The molecule has 6 rings (SSSR count). The highest BCUT2D eigenvalue weighted by atomic mass is 16.6. The third kappa shape index (κ3) is 3.18. The van der Waals surface area contributed by atoms with Crippen LogP contribution in [0.25, 0.3) is 0 Å². The lowest BCUT2D eigenvalue weighted by molar-refractivity contribution is 0.347. The zero-order valence-electron chi connectivity index (χ0n) is 23.8. The van der Waals surface area contributed by atoms with Crippen molar-refractivity contribution in [3.05, 3.63) is 68.8 Å². The molecule has 0 bridgehead atoms. The molecule has 1 unspecified atom stereocenters. The van der Waals surface area contributed by atoms with Gasteiger partial charge in [0.1, 0.15) is 23.3 Å². The summed E-state index contributed by atoms with van der Waals surface area (Å²) in [5.74, 6) is 3.22. The van der Waals surface area contributed by atoms with Crippen molar-refractivity contribution in [3.8, 4) is 46.6 Å². The Morgan fingerprint density at radius 3 is 1.49 bits per heavy atom. The number of methoxy groups -OCH3 is 2. The molecule has 0 N–H and O–H groups in total. The normalized spacial score (nSPS) is 20.5. The third-order valence-corrected chi connectivity index (χ3v) is 9.20. The van der Waals surface area contributed by atoms with Gasteiger partial charge in [0.25, 0.3) is 0 Å². The zero-order chi connectivity index (χ0) is 28.1. The van der Waals surface area contributed by atoms with Gasteiger partial charge < -0.3 is 18.9 Å². The minimum atomic E-state index is -0.255. The molecule has 1 aliphatic heterocycles. The van der Waals surface area contributed by atoms with Crippen LogP contribution in [-0.2, 0) is 16.2 Å². The summed E-state index contributed by atoms with van der Waals surface area (Å²) in [4.78, 5) is 0. The first-order chi connectivity index (χ1) is 18.4. The van der Waals surface area contributed by atoms with E-state index in [0.29, 0.717) is 34.1 Å². The van der Waals surface area contributed by atoms with Crippen LogP contribution in [0.15, 0.2) is 24.3 Å². The molecule has 0 saturated carbocycles. The quantitative estimate of drug-likeness (QED) is 0.270. The minimum Gasteiger partial charge on any atom is -0.493 e. The molecule has 0 amide bonds. The van der Waals surface area contributed by atoms with E-state index in [1.807, 2.05) is 13.8 Å². The molecule has 3 aromatic rings. The molecule has 0 aromatic heterocycles. The Balaban J connectivity index is 1.59. The van der Waals surface area contributed by atoms with E-state index in [1.54, 1.807) is 14.2 Å². The molecule has 198 valence electrons. The fourth-order valence-electron chi connectivity index (χ4n) is 7.42. The van der Waals surface area contributed by atoms with Crippen molar-refractivity contribution in [2.75, 3.05) is 14.2 Å². The molecule has 1 spiro atoms. The van der Waals surface area contributed by atoms with E-state index >= 15 is 0 Å². The van der Waals surface area contributed by atoms with Gasteiger partial charge in [-0.2, -0.15) is 10.5 Å². The predicted octanol–water partition coefficient (Wildman–Crippen LogP) is 7.61. The maximum absolute atomic E-state index is 9.97. The van der Waals surface area contributed by atoms with Crippen LogP contribution in [-0.4, -0.2) is 14.2 Å². The number of ether oxygens (including phenoxy) is 4. The molecule has 1 atom stereocenters. The van der Waals surface area contributed by atoms with Gasteiger partial charge in [-0.05, 0) is 95.2 Å². The molecular formula is C33H32N2O4. The van der Waals surface area contributed by atoms with Crippen molar-refractivity contribution >= 4 is 0 Å². The number of nitriles is 2. The topological polar surface area (TPSA) is 84.5 Å². The lowest BCUT2D eigenvalue weighted by Gasteiger charge is -2.31. The fourth-order valence-corrected chi connectivity index (χ4v) is 7.42. The summed E-state index contributed by atoms with van der Waals surface area (Å²) in [6.07, 6.45) is 1.85. The van der Waals surface area contributed by atoms with E-state index in [0.717, 1.165) is 35.5 Å². The minimum absolute atomic E-state index is 0.0866. The van der Waals surface area contributed by atoms with Crippen LogP contribution in [0.2, 0.25) is 0 Å². The number of hydrogen-bond donors (Lipinski definition) is 0. The largest absolute Gasteiger partial charge is 0.493 e. The second-order valence-electron chi connectivity index (χ2n) is 12.4. The van der Waals surface area contributed by atoms with Crippen molar-refractivity contribution in [1.29, 1.82) is 10.5 Å². The van der Waals surface area contributed by atoms with Crippen LogP contribution in [0.4, 0.5) is 0 Å². The SMILES string of the molecule is COc1cc2c(cc1OC)C1(CC2(C)C)CC(C)(C)c2cc3c(cc21)Oc1c(C#N)c(C)c(C)c(C#N)c1O3. The van der Waals surface area contributed by atoms with Crippen LogP contribution in [0.5, 0.6) is 34.5 Å². The van der Waals surface area contributed by atoms with Gasteiger partial charge >= 0.3 is 0 Å². The maximum atomic E-state index is 9.97. The fraction of sp³-hybridized carbons (Fsp3) is 0.394. The Hall–Kier alpha value is -4.16. The van der Waals surface area contributed by atoms with Crippen molar-refractivity contribution < 1.29 is 18.9 Å². The highest BCUT2D eigenvalue weighted by Crippen LogP contribution is 2.65. The Bertz CT molecular complexity index is 1690. The monoisotopic (exact) mass is 520 g/mol. The molecule has 39 heavy (non-hydrogen) atoms. The second-order valence-corrected chi connectivity index (χ2v) is 12.4. The highest BCUT2D eigenvalue weighted by Gasteiger charge is 2.57. The molecule has 0 radical (unpaired) electrons. The highest BCUT2D eigenvalue weighted by molar-refractivity contribution is 5.73. The Kier molecular flexibility index (Phi) is 5.11. The Morgan fingerprint density at radius 2 is 1.05 bits per heavy atom. The summed E-state index contributed by atoms with van der Waals surface area (Å²) in [5.41, 5.74) is 6.70. The maximum Gasteiger partial charge on any atom is 0.189 e. The van der Waals surface area contributed by atoms with Crippen molar-refractivity contribution in [1.82, 2.24) is 0 Å². The molecule has 6 nitrogen and oxygen atoms in total. The average Bonchev–Trinajstić information content (AvgIpc) is 3.25. The summed E-state index contributed by atoms with van der Waals surface area (Å²) in [6.45, 7) is 12.8. The van der Waals surface area contributed by atoms with Crippen LogP contribution in [0.1, 0.15) is 85.0 Å². The van der Waals surface area contributed by atoms with Gasteiger partial charge in [0, 0.05) is 5.41 Å². The van der Waals surface area contributed by atoms with Gasteiger partial charge in [0.2, 0.25) is 0 Å². The predicted molar refractivity (Wildman–Crippen MR) is 148 cm³/mol. The standard InChI is InChI=1S/C33H32N2O4/c1-17-18(2)20(14-35)30-29(19(17)13-34)38-27-10-22-24(12-28(27)39-30)33(16-32(22,5)6)15-31(3,4)21-9-25(36-7)26(37-8)11-23(21)33/h9-12H,15-16H2,1-8H3.